The number of aromatic nitrogens is 3. The van der Waals surface area contributed by atoms with Gasteiger partial charge in [0.2, 0.25) is 4.96 Å². The summed E-state index contributed by atoms with van der Waals surface area (Å²) in [5, 5.41) is 4.39. The molecule has 0 radical (unpaired) electrons. The van der Waals surface area contributed by atoms with Crippen LogP contribution in [-0.2, 0) is 4.79 Å². The fraction of sp³-hybridized carbons (Fsp3) is 0.143. The molecule has 138 valence electrons. The van der Waals surface area contributed by atoms with Crippen LogP contribution in [-0.4, -0.2) is 27.0 Å². The van der Waals surface area contributed by atoms with E-state index in [9.17, 15) is 9.59 Å². The van der Waals surface area contributed by atoms with Crippen LogP contribution in [0.2, 0.25) is 0 Å². The van der Waals surface area contributed by atoms with Crippen molar-refractivity contribution in [3.63, 3.8) is 0 Å². The fourth-order valence-corrected chi connectivity index (χ4v) is 4.52. The maximum absolute atomic E-state index is 13.0. The van der Waals surface area contributed by atoms with Crippen molar-refractivity contribution in [2.45, 2.75) is 13.8 Å². The summed E-state index contributed by atoms with van der Waals surface area (Å²) < 4.78 is 1.69. The number of amides is 1. The maximum Gasteiger partial charge on any atom is 0.291 e. The van der Waals surface area contributed by atoms with E-state index < -0.39 is 0 Å². The minimum atomic E-state index is -0.304. The lowest BCUT2D eigenvalue weighted by Gasteiger charge is -2.13. The van der Waals surface area contributed by atoms with E-state index in [-0.39, 0.29) is 11.5 Å². The summed E-state index contributed by atoms with van der Waals surface area (Å²) in [6, 6.07) is 15.4. The molecule has 0 saturated carbocycles. The lowest BCUT2D eigenvalue weighted by atomic mass is 10.1. The molecule has 7 heteroatoms. The Morgan fingerprint density at radius 3 is 2.50 bits per heavy atom. The summed E-state index contributed by atoms with van der Waals surface area (Å²) in [5.41, 5.74) is 3.76. The van der Waals surface area contributed by atoms with Gasteiger partial charge in [-0.3, -0.25) is 9.59 Å². The van der Waals surface area contributed by atoms with E-state index in [1.165, 1.54) is 15.9 Å². The highest BCUT2D eigenvalue weighted by molar-refractivity contribution is 7.15. The number of benzene rings is 2. The second-order valence-corrected chi connectivity index (χ2v) is 7.65. The number of anilines is 1. The Morgan fingerprint density at radius 2 is 1.79 bits per heavy atom. The van der Waals surface area contributed by atoms with Crippen LogP contribution >= 0.6 is 11.3 Å². The minimum absolute atomic E-state index is 0.149. The number of hydrogen-bond donors (Lipinski definition) is 0. The Morgan fingerprint density at radius 1 is 1.04 bits per heavy atom. The van der Waals surface area contributed by atoms with Crippen LogP contribution in [0.5, 0.6) is 0 Å². The Labute approximate surface area is 164 Å². The molecule has 0 atom stereocenters. The van der Waals surface area contributed by atoms with Gasteiger partial charge in [0.15, 0.2) is 5.82 Å². The fourth-order valence-electron chi connectivity index (χ4n) is 3.52. The van der Waals surface area contributed by atoms with Crippen LogP contribution < -0.4 is 15.0 Å². The Kier molecular flexibility index (Phi) is 3.67. The summed E-state index contributed by atoms with van der Waals surface area (Å²) in [4.78, 5) is 32.7. The molecule has 0 aliphatic carbocycles. The predicted octanol–water partition coefficient (Wildman–Crippen LogP) is 2.41. The molecule has 5 rings (SSSR count). The third-order valence-corrected chi connectivity index (χ3v) is 5.96. The number of rotatable bonds is 2. The standard InChI is InChI=1S/C21H16N4O2S/c1-3-24-15-7-5-4-6-14(15)16(19(24)26)17-20(27)25-21(28-17)22-18(23-25)13-10-8-12(2)9-11-13/h4-11H,3H2,1-2H3/b17-16-. The zero-order valence-electron chi connectivity index (χ0n) is 15.3. The van der Waals surface area contributed by atoms with Crippen LogP contribution in [0.4, 0.5) is 5.69 Å². The molecule has 28 heavy (non-hydrogen) atoms. The first kappa shape index (κ1) is 16.8. The highest BCUT2D eigenvalue weighted by Gasteiger charge is 2.33. The largest absolute Gasteiger partial charge is 0.308 e. The van der Waals surface area contributed by atoms with Crippen molar-refractivity contribution in [2.24, 2.45) is 0 Å². The van der Waals surface area contributed by atoms with Gasteiger partial charge in [0.1, 0.15) is 4.53 Å². The van der Waals surface area contributed by atoms with Gasteiger partial charge < -0.3 is 4.90 Å². The molecule has 6 nitrogen and oxygen atoms in total. The smallest absolute Gasteiger partial charge is 0.291 e. The van der Waals surface area contributed by atoms with E-state index in [1.807, 2.05) is 62.4 Å². The van der Waals surface area contributed by atoms with Gasteiger partial charge in [-0.15, -0.1) is 5.10 Å². The highest BCUT2D eigenvalue weighted by Crippen LogP contribution is 2.34. The number of thiazole rings is 1. The van der Waals surface area contributed by atoms with Crippen molar-refractivity contribution in [1.82, 2.24) is 14.6 Å². The number of nitrogens with zero attached hydrogens (tertiary/aromatic N) is 4. The second kappa shape index (κ2) is 6.10. The van der Waals surface area contributed by atoms with Gasteiger partial charge >= 0.3 is 0 Å². The Hall–Kier alpha value is -3.32. The van der Waals surface area contributed by atoms with Gasteiger partial charge in [0, 0.05) is 17.7 Å². The van der Waals surface area contributed by atoms with Gasteiger partial charge in [-0.05, 0) is 19.9 Å². The Bertz CT molecular complexity index is 1350. The minimum Gasteiger partial charge on any atom is -0.308 e. The number of hydrogen-bond acceptors (Lipinski definition) is 5. The van der Waals surface area contributed by atoms with Crippen molar-refractivity contribution < 1.29 is 4.79 Å². The molecular formula is C21H16N4O2S. The van der Waals surface area contributed by atoms with Crippen molar-refractivity contribution in [3.05, 3.63) is 74.5 Å². The SMILES string of the molecule is CCN1C(=O)/C(=c2\sc3nc(-c4ccc(C)cc4)nn3c2=O)c2ccccc21. The predicted molar refractivity (Wildman–Crippen MR) is 110 cm³/mol. The molecule has 1 aliphatic rings. The molecule has 0 spiro atoms. The van der Waals surface area contributed by atoms with Crippen LogP contribution in [0.3, 0.4) is 0 Å². The summed E-state index contributed by atoms with van der Waals surface area (Å²) in [6.45, 7) is 4.48. The molecule has 2 aromatic carbocycles. The third kappa shape index (κ3) is 2.33. The zero-order chi connectivity index (χ0) is 19.4. The molecule has 0 bridgehead atoms. The summed E-state index contributed by atoms with van der Waals surface area (Å²) in [5.74, 6) is 0.359. The number of aryl methyl sites for hydroxylation is 1. The average molecular weight is 388 g/mol. The van der Waals surface area contributed by atoms with Crippen LogP contribution in [0.15, 0.2) is 53.3 Å². The lowest BCUT2D eigenvalue weighted by molar-refractivity contribution is -0.113. The van der Waals surface area contributed by atoms with Gasteiger partial charge in [-0.2, -0.15) is 9.50 Å². The molecule has 1 amide bonds. The first-order valence-corrected chi connectivity index (χ1v) is 9.82. The van der Waals surface area contributed by atoms with E-state index in [1.54, 1.807) is 4.90 Å². The Balaban J connectivity index is 1.74. The number of carbonyl (C=O) groups excluding carboxylic acids is 1. The zero-order valence-corrected chi connectivity index (χ0v) is 16.2. The second-order valence-electron chi connectivity index (χ2n) is 6.67. The summed E-state index contributed by atoms with van der Waals surface area (Å²) >= 11 is 1.21. The van der Waals surface area contributed by atoms with Crippen LogP contribution in [0, 0.1) is 6.92 Å². The number of para-hydroxylation sites is 1. The summed E-state index contributed by atoms with van der Waals surface area (Å²) in [6.07, 6.45) is 0. The van der Waals surface area contributed by atoms with E-state index in [4.69, 9.17) is 0 Å². The van der Waals surface area contributed by atoms with E-state index in [0.717, 1.165) is 22.4 Å². The van der Waals surface area contributed by atoms with Crippen molar-refractivity contribution in [2.75, 3.05) is 11.4 Å². The van der Waals surface area contributed by atoms with Gasteiger partial charge in [0.25, 0.3) is 11.5 Å². The van der Waals surface area contributed by atoms with Gasteiger partial charge in [-0.25, -0.2) is 0 Å². The maximum atomic E-state index is 13.0. The molecule has 0 saturated heterocycles. The molecule has 2 aromatic heterocycles. The molecule has 0 N–H and O–H groups in total. The first-order valence-electron chi connectivity index (χ1n) is 9.00. The molecule has 1 aliphatic heterocycles. The molecule has 3 heterocycles. The van der Waals surface area contributed by atoms with Crippen LogP contribution in [0.25, 0.3) is 21.9 Å². The van der Waals surface area contributed by atoms with Crippen molar-refractivity contribution in [3.8, 4) is 11.4 Å². The molecule has 0 unspecified atom stereocenters. The van der Waals surface area contributed by atoms with E-state index in [2.05, 4.69) is 10.1 Å². The van der Waals surface area contributed by atoms with Gasteiger partial charge in [0.05, 0.1) is 11.3 Å². The quantitative estimate of drug-likeness (QED) is 0.529. The number of fused-ring (bicyclic) bond motifs is 2. The number of likely N-dealkylation sites (N-methyl/N-ethyl adjacent to an activating group) is 1. The van der Waals surface area contributed by atoms with Crippen LogP contribution in [0.1, 0.15) is 18.1 Å². The van der Waals surface area contributed by atoms with Crippen molar-refractivity contribution in [1.29, 1.82) is 0 Å². The summed E-state index contributed by atoms with van der Waals surface area (Å²) in [7, 11) is 0. The molecular weight excluding hydrogens is 372 g/mol. The first-order chi connectivity index (χ1) is 13.6. The average Bonchev–Trinajstić information content (AvgIpc) is 3.33. The van der Waals surface area contributed by atoms with Crippen molar-refractivity contribution >= 4 is 33.5 Å². The molecule has 0 fully saturated rings. The third-order valence-electron chi connectivity index (χ3n) is 4.93. The van der Waals surface area contributed by atoms with E-state index >= 15 is 0 Å². The highest BCUT2D eigenvalue weighted by atomic mass is 32.1. The molecule has 4 aromatic rings. The van der Waals surface area contributed by atoms with Gasteiger partial charge in [-0.1, -0.05) is 59.4 Å². The normalized spacial score (nSPS) is 15.5. The monoisotopic (exact) mass is 388 g/mol. The number of carbonyl (C=O) groups is 1. The van der Waals surface area contributed by atoms with E-state index in [0.29, 0.717) is 27.4 Å². The lowest BCUT2D eigenvalue weighted by Crippen LogP contribution is -2.32. The topological polar surface area (TPSA) is 67.6 Å².